The summed E-state index contributed by atoms with van der Waals surface area (Å²) in [4.78, 5) is 16.2. The smallest absolute Gasteiger partial charge is 0.408 e. The Hall–Kier alpha value is -1.92. The van der Waals surface area contributed by atoms with E-state index in [0.29, 0.717) is 5.58 Å². The third-order valence-corrected chi connectivity index (χ3v) is 4.75. The van der Waals surface area contributed by atoms with Gasteiger partial charge >= 0.3 is 5.76 Å². The zero-order chi connectivity index (χ0) is 14.4. The van der Waals surface area contributed by atoms with Crippen molar-refractivity contribution in [2.45, 2.75) is 18.9 Å². The monoisotopic (exact) mass is 302 g/mol. The fourth-order valence-corrected chi connectivity index (χ4v) is 3.54. The first-order chi connectivity index (χ1) is 10.2. The zero-order valence-corrected chi connectivity index (χ0v) is 12.4. The van der Waals surface area contributed by atoms with Crippen molar-refractivity contribution in [2.24, 2.45) is 7.05 Å². The topological polar surface area (TPSA) is 57.3 Å². The molecule has 1 atom stereocenters. The maximum atomic E-state index is 11.5. The summed E-state index contributed by atoms with van der Waals surface area (Å²) in [5.41, 5.74) is 3.24. The third kappa shape index (κ3) is 2.11. The summed E-state index contributed by atoms with van der Waals surface area (Å²) in [6, 6.07) is 5.72. The molecular weight excluding hydrogens is 288 g/mol. The van der Waals surface area contributed by atoms with Gasteiger partial charge in [-0.1, -0.05) is 6.07 Å². The van der Waals surface area contributed by atoms with Crippen LogP contribution < -0.4 is 5.76 Å². The molecule has 1 fully saturated rings. The molecule has 0 amide bonds. The second-order valence-corrected chi connectivity index (χ2v) is 6.07. The SMILES string of the molecule is Cn1c(=O)oc2cc(-c3csc([C@@H]4CCCO4)n3)ccc21. The van der Waals surface area contributed by atoms with Crippen molar-refractivity contribution >= 4 is 22.4 Å². The number of fused-ring (bicyclic) bond motifs is 1. The van der Waals surface area contributed by atoms with Crippen molar-refractivity contribution in [2.75, 3.05) is 6.61 Å². The van der Waals surface area contributed by atoms with Crippen molar-refractivity contribution in [3.05, 3.63) is 39.1 Å². The Morgan fingerprint density at radius 2 is 2.33 bits per heavy atom. The first-order valence-corrected chi connectivity index (χ1v) is 7.77. The van der Waals surface area contributed by atoms with E-state index < -0.39 is 0 Å². The molecule has 3 heterocycles. The molecule has 0 unspecified atom stereocenters. The van der Waals surface area contributed by atoms with Crippen LogP contribution >= 0.6 is 11.3 Å². The Bertz CT molecular complexity index is 855. The highest BCUT2D eigenvalue weighted by atomic mass is 32.1. The maximum absolute atomic E-state index is 11.5. The van der Waals surface area contributed by atoms with Crippen molar-refractivity contribution in [3.8, 4) is 11.3 Å². The Balaban J connectivity index is 1.74. The van der Waals surface area contributed by atoms with Crippen molar-refractivity contribution in [1.82, 2.24) is 9.55 Å². The van der Waals surface area contributed by atoms with E-state index in [1.807, 2.05) is 23.6 Å². The molecule has 4 rings (SSSR count). The summed E-state index contributed by atoms with van der Waals surface area (Å²) in [7, 11) is 1.70. The maximum Gasteiger partial charge on any atom is 0.419 e. The first-order valence-electron chi connectivity index (χ1n) is 6.89. The van der Waals surface area contributed by atoms with Gasteiger partial charge in [0.1, 0.15) is 11.1 Å². The molecule has 21 heavy (non-hydrogen) atoms. The van der Waals surface area contributed by atoms with E-state index in [2.05, 4.69) is 4.98 Å². The van der Waals surface area contributed by atoms with Crippen LogP contribution in [0.25, 0.3) is 22.4 Å². The molecule has 0 saturated carbocycles. The predicted molar refractivity (Wildman–Crippen MR) is 80.5 cm³/mol. The van der Waals surface area contributed by atoms with Gasteiger partial charge in [-0.25, -0.2) is 9.78 Å². The standard InChI is InChI=1S/C15H14N2O3S/c1-17-11-5-4-9(7-13(11)20-15(17)18)10-8-21-14(16-10)12-3-2-6-19-12/h4-5,7-8,12H,2-3,6H2,1H3/t12-/m0/s1. The summed E-state index contributed by atoms with van der Waals surface area (Å²) >= 11 is 1.62. The normalized spacial score (nSPS) is 18.6. The molecule has 1 aliphatic heterocycles. The van der Waals surface area contributed by atoms with Gasteiger partial charge < -0.3 is 9.15 Å². The summed E-state index contributed by atoms with van der Waals surface area (Å²) in [6.45, 7) is 0.820. The lowest BCUT2D eigenvalue weighted by atomic mass is 10.1. The highest BCUT2D eigenvalue weighted by Gasteiger charge is 2.21. The average Bonchev–Trinajstić information content (AvgIpc) is 3.20. The summed E-state index contributed by atoms with van der Waals surface area (Å²) < 4.78 is 12.4. The van der Waals surface area contributed by atoms with Crippen LogP contribution in [0.3, 0.4) is 0 Å². The molecule has 1 aliphatic rings. The Morgan fingerprint density at radius 3 is 3.14 bits per heavy atom. The Labute approximate surface area is 124 Å². The molecule has 108 valence electrons. The molecule has 1 saturated heterocycles. The third-order valence-electron chi connectivity index (χ3n) is 3.82. The molecule has 5 nitrogen and oxygen atoms in total. The fourth-order valence-electron chi connectivity index (χ4n) is 2.63. The van der Waals surface area contributed by atoms with Crippen molar-refractivity contribution in [1.29, 1.82) is 0 Å². The van der Waals surface area contributed by atoms with Gasteiger partial charge in [-0.05, 0) is 25.0 Å². The van der Waals surface area contributed by atoms with Gasteiger partial charge in [0.15, 0.2) is 5.58 Å². The van der Waals surface area contributed by atoms with E-state index in [9.17, 15) is 4.79 Å². The van der Waals surface area contributed by atoms with E-state index in [4.69, 9.17) is 9.15 Å². The van der Waals surface area contributed by atoms with Crippen LogP contribution in [-0.4, -0.2) is 16.2 Å². The van der Waals surface area contributed by atoms with Crippen LogP contribution in [0.2, 0.25) is 0 Å². The quantitative estimate of drug-likeness (QED) is 0.730. The van der Waals surface area contributed by atoms with Gasteiger partial charge in [0.25, 0.3) is 0 Å². The molecule has 2 aromatic heterocycles. The summed E-state index contributed by atoms with van der Waals surface area (Å²) in [5, 5.41) is 3.05. The second kappa shape index (κ2) is 4.82. The molecule has 0 aliphatic carbocycles. The number of thiazole rings is 1. The molecule has 1 aromatic carbocycles. The van der Waals surface area contributed by atoms with Crippen LogP contribution in [0.15, 0.2) is 32.8 Å². The lowest BCUT2D eigenvalue weighted by Crippen LogP contribution is -2.08. The number of ether oxygens (including phenoxy) is 1. The van der Waals surface area contributed by atoms with Gasteiger partial charge in [-0.3, -0.25) is 4.57 Å². The van der Waals surface area contributed by atoms with E-state index in [1.165, 1.54) is 4.57 Å². The summed E-state index contributed by atoms with van der Waals surface area (Å²) in [6.07, 6.45) is 2.28. The average molecular weight is 302 g/mol. The van der Waals surface area contributed by atoms with Crippen LogP contribution in [0, 0.1) is 0 Å². The van der Waals surface area contributed by atoms with E-state index >= 15 is 0 Å². The van der Waals surface area contributed by atoms with Gasteiger partial charge in [-0.15, -0.1) is 11.3 Å². The van der Waals surface area contributed by atoms with E-state index in [0.717, 1.165) is 41.2 Å². The van der Waals surface area contributed by atoms with E-state index in [1.54, 1.807) is 18.4 Å². The zero-order valence-electron chi connectivity index (χ0n) is 11.5. The second-order valence-electron chi connectivity index (χ2n) is 5.18. The lowest BCUT2D eigenvalue weighted by molar-refractivity contribution is 0.112. The largest absolute Gasteiger partial charge is 0.419 e. The molecule has 0 N–H and O–H groups in total. The number of aromatic nitrogens is 2. The first kappa shape index (κ1) is 12.8. The van der Waals surface area contributed by atoms with Crippen LogP contribution in [0.4, 0.5) is 0 Å². The minimum atomic E-state index is -0.347. The Morgan fingerprint density at radius 1 is 1.43 bits per heavy atom. The number of rotatable bonds is 2. The minimum absolute atomic E-state index is 0.141. The fraction of sp³-hybridized carbons (Fsp3) is 0.333. The van der Waals surface area contributed by atoms with Crippen molar-refractivity contribution in [3.63, 3.8) is 0 Å². The Kier molecular flexibility index (Phi) is 2.94. The van der Waals surface area contributed by atoms with Crippen LogP contribution in [0.1, 0.15) is 24.0 Å². The number of benzene rings is 1. The van der Waals surface area contributed by atoms with Gasteiger partial charge in [-0.2, -0.15) is 0 Å². The van der Waals surface area contributed by atoms with E-state index in [-0.39, 0.29) is 11.9 Å². The van der Waals surface area contributed by atoms with Gasteiger partial charge in [0.05, 0.1) is 11.2 Å². The molecular formula is C15H14N2O3S. The molecule has 0 radical (unpaired) electrons. The number of aryl methyl sites for hydroxylation is 1. The number of hydrogen-bond donors (Lipinski definition) is 0. The van der Waals surface area contributed by atoms with Gasteiger partial charge in [0, 0.05) is 24.6 Å². The van der Waals surface area contributed by atoms with Gasteiger partial charge in [0.2, 0.25) is 0 Å². The van der Waals surface area contributed by atoms with Crippen molar-refractivity contribution < 1.29 is 9.15 Å². The summed E-state index contributed by atoms with van der Waals surface area (Å²) in [5.74, 6) is -0.347. The number of oxazole rings is 1. The predicted octanol–water partition coefficient (Wildman–Crippen LogP) is 3.11. The minimum Gasteiger partial charge on any atom is -0.408 e. The van der Waals surface area contributed by atoms with Crippen LogP contribution in [-0.2, 0) is 11.8 Å². The highest BCUT2D eigenvalue weighted by molar-refractivity contribution is 7.10. The molecule has 6 heteroatoms. The van der Waals surface area contributed by atoms with Crippen LogP contribution in [0.5, 0.6) is 0 Å². The number of nitrogens with zero attached hydrogens (tertiary/aromatic N) is 2. The lowest BCUT2D eigenvalue weighted by Gasteiger charge is -2.03. The molecule has 0 spiro atoms. The number of hydrogen-bond acceptors (Lipinski definition) is 5. The molecule has 3 aromatic rings. The highest BCUT2D eigenvalue weighted by Crippen LogP contribution is 2.33. The molecule has 0 bridgehead atoms.